The first-order valence-electron chi connectivity index (χ1n) is 4.75. The van der Waals surface area contributed by atoms with Crippen molar-refractivity contribution in [2.75, 3.05) is 0 Å². The molecule has 0 radical (unpaired) electrons. The summed E-state index contributed by atoms with van der Waals surface area (Å²) in [6.45, 7) is 0.0230. The minimum atomic E-state index is -0.481. The van der Waals surface area contributed by atoms with E-state index < -0.39 is 11.6 Å². The van der Waals surface area contributed by atoms with Crippen LogP contribution in [0.15, 0.2) is 30.6 Å². The van der Waals surface area contributed by atoms with Crippen LogP contribution in [0.4, 0.5) is 8.78 Å². The first kappa shape index (κ1) is 10.8. The third kappa shape index (κ3) is 2.25. The van der Waals surface area contributed by atoms with Gasteiger partial charge in [0.15, 0.2) is 0 Å². The Kier molecular flexibility index (Phi) is 2.96. The van der Waals surface area contributed by atoms with E-state index >= 15 is 0 Å². The van der Waals surface area contributed by atoms with Crippen LogP contribution in [0, 0.1) is 11.6 Å². The van der Waals surface area contributed by atoms with Gasteiger partial charge in [0.25, 0.3) is 0 Å². The van der Waals surface area contributed by atoms with Crippen molar-refractivity contribution >= 4 is 0 Å². The van der Waals surface area contributed by atoms with Gasteiger partial charge in [0.05, 0.1) is 19.3 Å². The zero-order valence-corrected chi connectivity index (χ0v) is 8.40. The topological polar surface area (TPSA) is 38.1 Å². The predicted molar refractivity (Wildman–Crippen MR) is 53.6 cm³/mol. The van der Waals surface area contributed by atoms with Crippen molar-refractivity contribution in [3.05, 3.63) is 53.4 Å². The average Bonchev–Trinajstić information content (AvgIpc) is 2.71. The van der Waals surface area contributed by atoms with Crippen LogP contribution in [0.25, 0.3) is 0 Å². The van der Waals surface area contributed by atoms with E-state index in [2.05, 4.69) is 5.10 Å². The fourth-order valence-corrected chi connectivity index (χ4v) is 1.41. The molecule has 84 valence electrons. The van der Waals surface area contributed by atoms with Crippen LogP contribution < -0.4 is 0 Å². The Morgan fingerprint density at radius 2 is 2.12 bits per heavy atom. The van der Waals surface area contributed by atoms with Crippen LogP contribution >= 0.6 is 0 Å². The molecule has 0 aliphatic heterocycles. The van der Waals surface area contributed by atoms with Crippen LogP contribution in [0.5, 0.6) is 0 Å². The lowest BCUT2D eigenvalue weighted by Gasteiger charge is -2.03. The van der Waals surface area contributed by atoms with E-state index in [0.717, 1.165) is 18.2 Å². The highest BCUT2D eigenvalue weighted by Gasteiger charge is 2.05. The zero-order valence-electron chi connectivity index (χ0n) is 8.40. The Hall–Kier alpha value is -1.75. The molecule has 2 aromatic rings. The molecule has 2 rings (SSSR count). The van der Waals surface area contributed by atoms with Crippen molar-refractivity contribution < 1.29 is 13.9 Å². The largest absolute Gasteiger partial charge is 0.392 e. The predicted octanol–water partition coefficient (Wildman–Crippen LogP) is 1.70. The van der Waals surface area contributed by atoms with Gasteiger partial charge in [-0.25, -0.2) is 8.78 Å². The number of halogens is 2. The molecule has 1 N–H and O–H groups in total. The summed E-state index contributed by atoms with van der Waals surface area (Å²) in [6.07, 6.45) is 3.07. The van der Waals surface area contributed by atoms with Crippen LogP contribution in [-0.4, -0.2) is 14.9 Å². The molecule has 0 amide bonds. The Labute approximate surface area is 91.0 Å². The summed E-state index contributed by atoms with van der Waals surface area (Å²) in [6, 6.07) is 3.29. The van der Waals surface area contributed by atoms with E-state index in [1.807, 2.05) is 0 Å². The Balaban J connectivity index is 2.22. The van der Waals surface area contributed by atoms with Gasteiger partial charge in [0.2, 0.25) is 0 Å². The second-order valence-corrected chi connectivity index (χ2v) is 3.44. The maximum Gasteiger partial charge on any atom is 0.128 e. The molecule has 0 spiro atoms. The van der Waals surface area contributed by atoms with Crippen molar-refractivity contribution in [1.29, 1.82) is 0 Å². The molecule has 5 heteroatoms. The molecule has 1 heterocycles. The fourth-order valence-electron chi connectivity index (χ4n) is 1.41. The second kappa shape index (κ2) is 4.40. The Morgan fingerprint density at radius 1 is 1.31 bits per heavy atom. The van der Waals surface area contributed by atoms with E-state index in [0.29, 0.717) is 5.56 Å². The molecule has 3 nitrogen and oxygen atoms in total. The SMILES string of the molecule is OCc1cnn(Cc2cc(F)ccc2F)c1. The number of aromatic nitrogens is 2. The van der Waals surface area contributed by atoms with Gasteiger partial charge in [-0.2, -0.15) is 5.10 Å². The standard InChI is InChI=1S/C11H10F2N2O/c12-10-1-2-11(13)9(3-10)6-15-5-8(7-16)4-14-15/h1-5,16H,6-7H2. The van der Waals surface area contributed by atoms with Gasteiger partial charge in [-0.05, 0) is 18.2 Å². The maximum absolute atomic E-state index is 13.3. The molecule has 1 aromatic heterocycles. The molecule has 0 fully saturated rings. The van der Waals surface area contributed by atoms with Crippen molar-refractivity contribution in [2.45, 2.75) is 13.2 Å². The summed E-state index contributed by atoms with van der Waals surface area (Å²) in [5.74, 6) is -0.951. The molecule has 0 bridgehead atoms. The van der Waals surface area contributed by atoms with Gasteiger partial charge in [-0.15, -0.1) is 0 Å². The number of hydrogen-bond acceptors (Lipinski definition) is 2. The molecule has 0 aliphatic rings. The highest BCUT2D eigenvalue weighted by atomic mass is 19.1. The number of nitrogens with zero attached hydrogens (tertiary/aromatic N) is 2. The lowest BCUT2D eigenvalue weighted by molar-refractivity contribution is 0.281. The van der Waals surface area contributed by atoms with Crippen molar-refractivity contribution in [1.82, 2.24) is 9.78 Å². The van der Waals surface area contributed by atoms with E-state index in [9.17, 15) is 8.78 Å². The highest BCUT2D eigenvalue weighted by Crippen LogP contribution is 2.11. The minimum Gasteiger partial charge on any atom is -0.392 e. The number of benzene rings is 1. The molecule has 16 heavy (non-hydrogen) atoms. The smallest absolute Gasteiger partial charge is 0.128 e. The van der Waals surface area contributed by atoms with Gasteiger partial charge in [-0.1, -0.05) is 0 Å². The lowest BCUT2D eigenvalue weighted by Crippen LogP contribution is -2.02. The second-order valence-electron chi connectivity index (χ2n) is 3.44. The van der Waals surface area contributed by atoms with Gasteiger partial charge in [-0.3, -0.25) is 4.68 Å². The normalized spacial score (nSPS) is 10.7. The van der Waals surface area contributed by atoms with Gasteiger partial charge in [0.1, 0.15) is 11.6 Å². The third-order valence-electron chi connectivity index (χ3n) is 2.21. The molecule has 0 saturated carbocycles. The van der Waals surface area contributed by atoms with Gasteiger partial charge >= 0.3 is 0 Å². The van der Waals surface area contributed by atoms with Crippen LogP contribution in [0.1, 0.15) is 11.1 Å². The first-order chi connectivity index (χ1) is 7.69. The summed E-state index contributed by atoms with van der Waals surface area (Å²) in [7, 11) is 0. The Morgan fingerprint density at radius 3 is 2.81 bits per heavy atom. The lowest BCUT2D eigenvalue weighted by atomic mass is 10.2. The maximum atomic E-state index is 13.3. The highest BCUT2D eigenvalue weighted by molar-refractivity contribution is 5.19. The monoisotopic (exact) mass is 224 g/mol. The quantitative estimate of drug-likeness (QED) is 0.861. The number of aliphatic hydroxyl groups excluding tert-OH is 1. The summed E-state index contributed by atoms with van der Waals surface area (Å²) < 4.78 is 27.6. The van der Waals surface area contributed by atoms with Crippen molar-refractivity contribution in [3.63, 3.8) is 0 Å². The van der Waals surface area contributed by atoms with E-state index in [-0.39, 0.29) is 18.7 Å². The van der Waals surface area contributed by atoms with Crippen molar-refractivity contribution in [3.8, 4) is 0 Å². The van der Waals surface area contributed by atoms with Gasteiger partial charge in [0, 0.05) is 17.3 Å². The molecule has 0 atom stereocenters. The van der Waals surface area contributed by atoms with Crippen LogP contribution in [-0.2, 0) is 13.2 Å². The third-order valence-corrected chi connectivity index (χ3v) is 2.21. The molecule has 0 unspecified atom stereocenters. The number of hydrogen-bond donors (Lipinski definition) is 1. The number of aliphatic hydroxyl groups is 1. The fraction of sp³-hybridized carbons (Fsp3) is 0.182. The molecule has 0 aliphatic carbocycles. The minimum absolute atomic E-state index is 0.119. The van der Waals surface area contributed by atoms with Crippen LogP contribution in [0.3, 0.4) is 0 Å². The first-order valence-corrected chi connectivity index (χ1v) is 4.75. The molecular formula is C11H10F2N2O. The van der Waals surface area contributed by atoms with E-state index in [1.54, 1.807) is 6.20 Å². The van der Waals surface area contributed by atoms with E-state index in [4.69, 9.17) is 5.11 Å². The number of rotatable bonds is 3. The summed E-state index contributed by atoms with van der Waals surface area (Å²) in [4.78, 5) is 0. The molecule has 1 aromatic carbocycles. The summed E-state index contributed by atoms with van der Waals surface area (Å²) >= 11 is 0. The molecule has 0 saturated heterocycles. The molecular weight excluding hydrogens is 214 g/mol. The van der Waals surface area contributed by atoms with Gasteiger partial charge < -0.3 is 5.11 Å². The van der Waals surface area contributed by atoms with E-state index in [1.165, 1.54) is 10.9 Å². The Bertz CT molecular complexity index is 496. The van der Waals surface area contributed by atoms with Crippen LogP contribution in [0.2, 0.25) is 0 Å². The summed E-state index contributed by atoms with van der Waals surface area (Å²) in [5, 5.41) is 12.7. The zero-order chi connectivity index (χ0) is 11.5. The average molecular weight is 224 g/mol. The summed E-state index contributed by atoms with van der Waals surface area (Å²) in [5.41, 5.74) is 0.865. The van der Waals surface area contributed by atoms with Crippen molar-refractivity contribution in [2.24, 2.45) is 0 Å².